The van der Waals surface area contributed by atoms with E-state index in [1.165, 1.54) is 12.1 Å². The van der Waals surface area contributed by atoms with Gasteiger partial charge >= 0.3 is 0 Å². The highest BCUT2D eigenvalue weighted by Gasteiger charge is 2.35. The molecular weight excluding hydrogens is 469 g/mol. The molecule has 3 heterocycles. The third-order valence-electron chi connectivity index (χ3n) is 7.68. The van der Waals surface area contributed by atoms with Crippen LogP contribution in [0.2, 0.25) is 0 Å². The minimum atomic E-state index is -0.412. The summed E-state index contributed by atoms with van der Waals surface area (Å²) in [6.07, 6.45) is 0.836. The van der Waals surface area contributed by atoms with E-state index in [0.717, 1.165) is 47.2 Å². The fourth-order valence-corrected chi connectivity index (χ4v) is 5.23. The van der Waals surface area contributed by atoms with Gasteiger partial charge in [-0.15, -0.1) is 5.10 Å². The first-order valence-electron chi connectivity index (χ1n) is 12.9. The van der Waals surface area contributed by atoms with Gasteiger partial charge in [0.1, 0.15) is 11.9 Å². The zero-order valence-corrected chi connectivity index (χ0v) is 22.1. The van der Waals surface area contributed by atoms with Gasteiger partial charge in [-0.05, 0) is 92.1 Å². The molecule has 1 unspecified atom stereocenters. The third-order valence-corrected chi connectivity index (χ3v) is 7.68. The molecule has 0 bridgehead atoms. The summed E-state index contributed by atoms with van der Waals surface area (Å²) < 4.78 is 15.3. The standard InChI is InChI=1S/C28H34FN7O/c1-6-28(4,5)36-26(31-32-33-36)25(23-17-22-19(3)15-18(2)16-24(22)30-27(23)37)35-13-11-34(12-14-35)21-9-7-20(29)8-10-21/h7-10,15-17,25H,6,11-14H2,1-5H3,(H,30,37). The Balaban J connectivity index is 1.58. The molecule has 0 spiro atoms. The summed E-state index contributed by atoms with van der Waals surface area (Å²) >= 11 is 0. The quantitative estimate of drug-likeness (QED) is 0.422. The topological polar surface area (TPSA) is 82.9 Å². The van der Waals surface area contributed by atoms with Crippen LogP contribution < -0.4 is 10.5 Å². The SMILES string of the molecule is CCC(C)(C)n1nnnc1C(c1cc2c(C)cc(C)cc2[nH]c1=O)N1CCN(c2ccc(F)cc2)CC1. The minimum absolute atomic E-state index is 0.132. The number of rotatable bonds is 6. The summed E-state index contributed by atoms with van der Waals surface area (Å²) in [6.45, 7) is 13.3. The average molecular weight is 504 g/mol. The van der Waals surface area contributed by atoms with Gasteiger partial charge in [-0.2, -0.15) is 0 Å². The number of hydrogen-bond donors (Lipinski definition) is 1. The Labute approximate surface area is 216 Å². The second-order valence-corrected chi connectivity index (χ2v) is 10.6. The lowest BCUT2D eigenvalue weighted by atomic mass is 9.97. The van der Waals surface area contributed by atoms with E-state index < -0.39 is 6.04 Å². The lowest BCUT2D eigenvalue weighted by Gasteiger charge is -2.40. The van der Waals surface area contributed by atoms with E-state index in [4.69, 9.17) is 0 Å². The molecule has 2 aromatic heterocycles. The van der Waals surface area contributed by atoms with Gasteiger partial charge in [0.2, 0.25) is 0 Å². The van der Waals surface area contributed by atoms with E-state index in [0.29, 0.717) is 24.5 Å². The highest BCUT2D eigenvalue weighted by Crippen LogP contribution is 2.32. The van der Waals surface area contributed by atoms with Gasteiger partial charge in [0.05, 0.1) is 5.54 Å². The van der Waals surface area contributed by atoms with Crippen molar-refractivity contribution in [1.29, 1.82) is 0 Å². The number of H-pyrrole nitrogens is 1. The number of nitrogens with zero attached hydrogens (tertiary/aromatic N) is 6. The molecule has 37 heavy (non-hydrogen) atoms. The second-order valence-electron chi connectivity index (χ2n) is 10.6. The zero-order chi connectivity index (χ0) is 26.3. The normalized spacial score (nSPS) is 15.9. The van der Waals surface area contributed by atoms with Crippen molar-refractivity contribution in [3.05, 3.63) is 81.2 Å². The number of hydrogen-bond acceptors (Lipinski definition) is 6. The molecule has 1 N–H and O–H groups in total. The Morgan fingerprint density at radius 3 is 2.43 bits per heavy atom. The number of pyridine rings is 1. The zero-order valence-electron chi connectivity index (χ0n) is 22.1. The summed E-state index contributed by atoms with van der Waals surface area (Å²) in [5.41, 5.74) is 4.23. The molecule has 5 rings (SSSR count). The van der Waals surface area contributed by atoms with Gasteiger partial charge in [0, 0.05) is 48.3 Å². The molecule has 1 aliphatic heterocycles. The Morgan fingerprint density at radius 1 is 1.05 bits per heavy atom. The smallest absolute Gasteiger partial charge is 0.253 e. The first-order chi connectivity index (χ1) is 17.7. The monoisotopic (exact) mass is 503 g/mol. The van der Waals surface area contributed by atoms with E-state index in [9.17, 15) is 9.18 Å². The number of benzene rings is 2. The number of aromatic nitrogens is 5. The number of halogens is 1. The van der Waals surface area contributed by atoms with Gasteiger partial charge in [-0.3, -0.25) is 9.69 Å². The van der Waals surface area contributed by atoms with E-state index in [1.54, 1.807) is 0 Å². The van der Waals surface area contributed by atoms with Crippen LogP contribution in [0.3, 0.4) is 0 Å². The van der Waals surface area contributed by atoms with E-state index in [1.807, 2.05) is 35.9 Å². The van der Waals surface area contributed by atoms with Crippen molar-refractivity contribution < 1.29 is 4.39 Å². The molecule has 8 nitrogen and oxygen atoms in total. The summed E-state index contributed by atoms with van der Waals surface area (Å²) in [5.74, 6) is 0.422. The van der Waals surface area contributed by atoms with Crippen molar-refractivity contribution in [2.75, 3.05) is 31.1 Å². The molecule has 0 aliphatic carbocycles. The second kappa shape index (κ2) is 9.70. The van der Waals surface area contributed by atoms with Crippen molar-refractivity contribution >= 4 is 16.6 Å². The van der Waals surface area contributed by atoms with Gasteiger partial charge in [0.25, 0.3) is 5.56 Å². The van der Waals surface area contributed by atoms with Crippen LogP contribution in [0.5, 0.6) is 0 Å². The fourth-order valence-electron chi connectivity index (χ4n) is 5.23. The Hall–Kier alpha value is -3.59. The van der Waals surface area contributed by atoms with Crippen molar-refractivity contribution in [3.63, 3.8) is 0 Å². The van der Waals surface area contributed by atoms with Crippen LogP contribution in [0.4, 0.5) is 10.1 Å². The molecule has 9 heteroatoms. The molecule has 2 aromatic carbocycles. The molecule has 0 radical (unpaired) electrons. The highest BCUT2D eigenvalue weighted by molar-refractivity contribution is 5.83. The van der Waals surface area contributed by atoms with Gasteiger partial charge < -0.3 is 9.88 Å². The molecule has 1 atom stereocenters. The summed E-state index contributed by atoms with van der Waals surface area (Å²) in [4.78, 5) is 21.2. The number of nitrogens with one attached hydrogen (secondary N) is 1. The first kappa shape index (κ1) is 25.1. The third kappa shape index (κ3) is 4.75. The minimum Gasteiger partial charge on any atom is -0.369 e. The van der Waals surface area contributed by atoms with Crippen LogP contribution in [0.25, 0.3) is 10.9 Å². The Bertz CT molecular complexity index is 1470. The molecule has 1 saturated heterocycles. The summed E-state index contributed by atoms with van der Waals surface area (Å²) in [5, 5.41) is 13.9. The number of tetrazole rings is 1. The molecule has 0 saturated carbocycles. The number of anilines is 1. The van der Waals surface area contributed by atoms with Crippen LogP contribution in [0.1, 0.15) is 55.7 Å². The highest BCUT2D eigenvalue weighted by atomic mass is 19.1. The van der Waals surface area contributed by atoms with Gasteiger partial charge in [-0.25, -0.2) is 9.07 Å². The van der Waals surface area contributed by atoms with Crippen LogP contribution in [-0.4, -0.2) is 56.3 Å². The summed E-state index contributed by atoms with van der Waals surface area (Å²) in [7, 11) is 0. The van der Waals surface area contributed by atoms with Crippen LogP contribution in [-0.2, 0) is 5.54 Å². The lowest BCUT2D eigenvalue weighted by Crippen LogP contribution is -2.49. The largest absolute Gasteiger partial charge is 0.369 e. The van der Waals surface area contributed by atoms with Crippen molar-refractivity contribution in [2.45, 2.75) is 52.6 Å². The fraction of sp³-hybridized carbons (Fsp3) is 0.429. The lowest BCUT2D eigenvalue weighted by molar-refractivity contribution is 0.186. The maximum absolute atomic E-state index is 13.6. The molecular formula is C28H34FN7O. The number of piperazine rings is 1. The molecule has 1 fully saturated rings. The molecule has 194 valence electrons. The molecule has 4 aromatic rings. The predicted octanol–water partition coefficient (Wildman–Crippen LogP) is 4.33. The maximum Gasteiger partial charge on any atom is 0.253 e. The van der Waals surface area contributed by atoms with Crippen LogP contribution in [0.15, 0.2) is 47.3 Å². The van der Waals surface area contributed by atoms with E-state index in [2.05, 4.69) is 64.1 Å². The number of aromatic amines is 1. The Kier molecular flexibility index (Phi) is 6.58. The van der Waals surface area contributed by atoms with Crippen molar-refractivity contribution in [2.24, 2.45) is 0 Å². The summed E-state index contributed by atoms with van der Waals surface area (Å²) in [6, 6.07) is 12.3. The van der Waals surface area contributed by atoms with Gasteiger partial charge in [0.15, 0.2) is 5.82 Å². The first-order valence-corrected chi connectivity index (χ1v) is 12.9. The Morgan fingerprint density at radius 2 is 1.76 bits per heavy atom. The van der Waals surface area contributed by atoms with Crippen molar-refractivity contribution in [1.82, 2.24) is 30.1 Å². The van der Waals surface area contributed by atoms with E-state index in [-0.39, 0.29) is 16.9 Å². The predicted molar refractivity (Wildman–Crippen MR) is 144 cm³/mol. The van der Waals surface area contributed by atoms with Crippen LogP contribution in [0, 0.1) is 19.7 Å². The number of aryl methyl sites for hydroxylation is 2. The molecule has 1 aliphatic rings. The number of fused-ring (bicyclic) bond motifs is 1. The maximum atomic E-state index is 13.6. The average Bonchev–Trinajstić information content (AvgIpc) is 3.36. The van der Waals surface area contributed by atoms with E-state index >= 15 is 0 Å². The van der Waals surface area contributed by atoms with Crippen molar-refractivity contribution in [3.8, 4) is 0 Å². The van der Waals surface area contributed by atoms with Crippen LogP contribution >= 0.6 is 0 Å². The molecule has 0 amide bonds. The van der Waals surface area contributed by atoms with Gasteiger partial charge in [-0.1, -0.05) is 13.0 Å².